The summed E-state index contributed by atoms with van der Waals surface area (Å²) in [5.74, 6) is -0.451. The lowest BCUT2D eigenvalue weighted by Gasteiger charge is -2.13. The first-order chi connectivity index (χ1) is 13.8. The highest BCUT2D eigenvalue weighted by Crippen LogP contribution is 2.34. The SMILES string of the molecule is Cc1ccc(S(=O)(=O)c2cc3cc(F)ccc3nc2-c2ccc(Cl)cc2)cc1C. The van der Waals surface area contributed by atoms with E-state index in [0.29, 0.717) is 27.2 Å². The smallest absolute Gasteiger partial charge is 0.208 e. The molecule has 1 heterocycles. The normalized spacial score (nSPS) is 11.7. The van der Waals surface area contributed by atoms with E-state index in [1.807, 2.05) is 13.8 Å². The molecule has 3 aromatic carbocycles. The predicted molar refractivity (Wildman–Crippen MR) is 114 cm³/mol. The Balaban J connectivity index is 2.03. The van der Waals surface area contributed by atoms with Gasteiger partial charge in [-0.3, -0.25) is 0 Å². The van der Waals surface area contributed by atoms with Gasteiger partial charge in [0.25, 0.3) is 0 Å². The molecule has 29 heavy (non-hydrogen) atoms. The van der Waals surface area contributed by atoms with Gasteiger partial charge in [-0.2, -0.15) is 0 Å². The van der Waals surface area contributed by atoms with Crippen molar-refractivity contribution in [3.63, 3.8) is 0 Å². The summed E-state index contributed by atoms with van der Waals surface area (Å²) < 4.78 is 40.8. The van der Waals surface area contributed by atoms with Crippen molar-refractivity contribution in [3.8, 4) is 11.3 Å². The maximum Gasteiger partial charge on any atom is 0.208 e. The zero-order chi connectivity index (χ0) is 20.8. The van der Waals surface area contributed by atoms with Crippen LogP contribution in [0.25, 0.3) is 22.2 Å². The van der Waals surface area contributed by atoms with E-state index in [9.17, 15) is 12.8 Å². The van der Waals surface area contributed by atoms with Crippen LogP contribution in [0.4, 0.5) is 4.39 Å². The Morgan fingerprint density at radius 3 is 2.28 bits per heavy atom. The van der Waals surface area contributed by atoms with Crippen LogP contribution in [-0.2, 0) is 9.84 Å². The van der Waals surface area contributed by atoms with Crippen molar-refractivity contribution in [3.05, 3.63) is 88.7 Å². The van der Waals surface area contributed by atoms with Crippen LogP contribution in [0.1, 0.15) is 11.1 Å². The number of aryl methyl sites for hydroxylation is 2. The largest absolute Gasteiger partial charge is 0.246 e. The number of pyridine rings is 1. The van der Waals surface area contributed by atoms with Crippen molar-refractivity contribution in [1.29, 1.82) is 0 Å². The molecule has 0 spiro atoms. The van der Waals surface area contributed by atoms with Crippen LogP contribution >= 0.6 is 11.6 Å². The molecule has 0 bridgehead atoms. The van der Waals surface area contributed by atoms with Crippen LogP contribution in [-0.4, -0.2) is 13.4 Å². The zero-order valence-corrected chi connectivity index (χ0v) is 17.4. The molecule has 4 rings (SSSR count). The van der Waals surface area contributed by atoms with E-state index >= 15 is 0 Å². The molecule has 0 fully saturated rings. The van der Waals surface area contributed by atoms with Crippen LogP contribution in [0.2, 0.25) is 5.02 Å². The summed E-state index contributed by atoms with van der Waals surface area (Å²) in [6.45, 7) is 3.79. The second kappa shape index (κ2) is 7.25. The highest BCUT2D eigenvalue weighted by molar-refractivity contribution is 7.91. The van der Waals surface area contributed by atoms with E-state index in [1.165, 1.54) is 24.3 Å². The first-order valence-electron chi connectivity index (χ1n) is 8.94. The van der Waals surface area contributed by atoms with Crippen molar-refractivity contribution in [1.82, 2.24) is 4.98 Å². The van der Waals surface area contributed by atoms with Gasteiger partial charge in [-0.1, -0.05) is 29.8 Å². The van der Waals surface area contributed by atoms with Crippen LogP contribution in [0.15, 0.2) is 76.5 Å². The minimum atomic E-state index is -3.89. The molecule has 0 radical (unpaired) electrons. The van der Waals surface area contributed by atoms with Gasteiger partial charge in [0.15, 0.2) is 0 Å². The molecule has 0 aliphatic heterocycles. The van der Waals surface area contributed by atoms with E-state index in [1.54, 1.807) is 42.5 Å². The number of benzene rings is 3. The maximum absolute atomic E-state index is 13.8. The average molecular weight is 426 g/mol. The fourth-order valence-corrected chi connectivity index (χ4v) is 4.81. The summed E-state index contributed by atoms with van der Waals surface area (Å²) in [7, 11) is -3.89. The molecule has 0 saturated carbocycles. The van der Waals surface area contributed by atoms with Gasteiger partial charge in [-0.05, 0) is 73.5 Å². The summed E-state index contributed by atoms with van der Waals surface area (Å²) in [5, 5.41) is 0.959. The van der Waals surface area contributed by atoms with E-state index in [-0.39, 0.29) is 9.79 Å². The minimum Gasteiger partial charge on any atom is -0.246 e. The monoisotopic (exact) mass is 425 g/mol. The van der Waals surface area contributed by atoms with Crippen molar-refractivity contribution < 1.29 is 12.8 Å². The van der Waals surface area contributed by atoms with Crippen LogP contribution in [0.5, 0.6) is 0 Å². The molecule has 6 heteroatoms. The van der Waals surface area contributed by atoms with E-state index in [4.69, 9.17) is 11.6 Å². The second-order valence-corrected chi connectivity index (χ2v) is 9.28. The van der Waals surface area contributed by atoms with E-state index in [0.717, 1.165) is 11.1 Å². The highest BCUT2D eigenvalue weighted by Gasteiger charge is 2.24. The van der Waals surface area contributed by atoms with Crippen molar-refractivity contribution in [2.45, 2.75) is 23.6 Å². The van der Waals surface area contributed by atoms with Gasteiger partial charge in [0.05, 0.1) is 21.0 Å². The van der Waals surface area contributed by atoms with Crippen molar-refractivity contribution in [2.24, 2.45) is 0 Å². The molecule has 3 nitrogen and oxygen atoms in total. The summed E-state index contributed by atoms with van der Waals surface area (Å²) >= 11 is 5.99. The topological polar surface area (TPSA) is 47.0 Å². The highest BCUT2D eigenvalue weighted by atomic mass is 35.5. The molecule has 0 aliphatic rings. The Labute approximate surface area is 173 Å². The molecule has 0 N–H and O–H groups in total. The van der Waals surface area contributed by atoms with Gasteiger partial charge in [0.2, 0.25) is 9.84 Å². The fraction of sp³-hybridized carbons (Fsp3) is 0.0870. The Kier molecular flexibility index (Phi) is 4.89. The van der Waals surface area contributed by atoms with E-state index < -0.39 is 15.7 Å². The number of halogens is 2. The number of aromatic nitrogens is 1. The number of fused-ring (bicyclic) bond motifs is 1. The molecule has 146 valence electrons. The average Bonchev–Trinajstić information content (AvgIpc) is 2.69. The van der Waals surface area contributed by atoms with Gasteiger partial charge in [0, 0.05) is 16.0 Å². The summed E-state index contributed by atoms with van der Waals surface area (Å²) in [5.41, 5.74) is 3.30. The van der Waals surface area contributed by atoms with Gasteiger partial charge in [-0.15, -0.1) is 0 Å². The molecule has 0 aliphatic carbocycles. The summed E-state index contributed by atoms with van der Waals surface area (Å²) in [6.07, 6.45) is 0. The molecule has 0 atom stereocenters. The Morgan fingerprint density at radius 1 is 0.862 bits per heavy atom. The third kappa shape index (κ3) is 3.63. The molecule has 1 aromatic heterocycles. The summed E-state index contributed by atoms with van der Waals surface area (Å²) in [6, 6.07) is 17.4. The van der Waals surface area contributed by atoms with Gasteiger partial charge in [-0.25, -0.2) is 17.8 Å². The third-order valence-electron chi connectivity index (χ3n) is 4.94. The molecule has 0 amide bonds. The van der Waals surface area contributed by atoms with Crippen LogP contribution in [0, 0.1) is 19.7 Å². The van der Waals surface area contributed by atoms with Crippen molar-refractivity contribution in [2.75, 3.05) is 0 Å². The standard InChI is InChI=1S/C23H17ClFNO2S/c1-14-3-9-20(11-15(14)2)29(27,28)22-13-17-12-19(25)8-10-21(17)26-23(22)16-4-6-18(24)7-5-16/h3-13H,1-2H3. The van der Waals surface area contributed by atoms with Crippen LogP contribution < -0.4 is 0 Å². The Morgan fingerprint density at radius 2 is 1.59 bits per heavy atom. The molecule has 0 saturated heterocycles. The molecule has 4 aromatic rings. The van der Waals surface area contributed by atoms with Crippen LogP contribution in [0.3, 0.4) is 0 Å². The molecular formula is C23H17ClFNO2S. The van der Waals surface area contributed by atoms with E-state index in [2.05, 4.69) is 4.98 Å². The Bertz CT molecular complexity index is 1350. The number of hydrogen-bond acceptors (Lipinski definition) is 3. The fourth-order valence-electron chi connectivity index (χ4n) is 3.16. The van der Waals surface area contributed by atoms with Gasteiger partial charge >= 0.3 is 0 Å². The number of hydrogen-bond donors (Lipinski definition) is 0. The predicted octanol–water partition coefficient (Wildman–Crippen LogP) is 6.14. The number of sulfone groups is 1. The number of nitrogens with zero attached hydrogens (tertiary/aromatic N) is 1. The number of rotatable bonds is 3. The minimum absolute atomic E-state index is 0.0289. The Hall–Kier alpha value is -2.76. The van der Waals surface area contributed by atoms with Crippen molar-refractivity contribution >= 4 is 32.3 Å². The lowest BCUT2D eigenvalue weighted by atomic mass is 10.1. The second-order valence-electron chi connectivity index (χ2n) is 6.93. The molecular weight excluding hydrogens is 409 g/mol. The summed E-state index contributed by atoms with van der Waals surface area (Å²) in [4.78, 5) is 4.76. The zero-order valence-electron chi connectivity index (χ0n) is 15.8. The lowest BCUT2D eigenvalue weighted by Crippen LogP contribution is -2.06. The van der Waals surface area contributed by atoms with Gasteiger partial charge < -0.3 is 0 Å². The lowest BCUT2D eigenvalue weighted by molar-refractivity contribution is 0.596. The first kappa shape index (κ1) is 19.6. The van der Waals surface area contributed by atoms with Gasteiger partial charge in [0.1, 0.15) is 5.82 Å². The first-order valence-corrected chi connectivity index (χ1v) is 10.8. The third-order valence-corrected chi connectivity index (χ3v) is 6.95. The molecule has 0 unspecified atom stereocenters. The quantitative estimate of drug-likeness (QED) is 0.396. The maximum atomic E-state index is 13.8.